The zero-order chi connectivity index (χ0) is 19.3. The van der Waals surface area contributed by atoms with E-state index in [1.54, 1.807) is 18.0 Å². The molecular weight excluding hydrogens is 354 g/mol. The fourth-order valence-corrected chi connectivity index (χ4v) is 3.67. The molecule has 4 aromatic rings. The average Bonchev–Trinajstić information content (AvgIpc) is 3.25. The fraction of sp³-hybridized carbons (Fsp3) is 0.300. The lowest BCUT2D eigenvalue weighted by Crippen LogP contribution is -2.46. The quantitative estimate of drug-likeness (QED) is 0.546. The maximum Gasteiger partial charge on any atom is 0.320 e. The molecule has 0 saturated carbocycles. The monoisotopic (exact) mass is 375 g/mol. The molecule has 1 aliphatic heterocycles. The van der Waals surface area contributed by atoms with Gasteiger partial charge in [0.2, 0.25) is 0 Å². The van der Waals surface area contributed by atoms with Crippen LogP contribution in [0.15, 0.2) is 42.7 Å². The highest BCUT2D eigenvalue weighted by atomic mass is 16.5. The Hall–Kier alpha value is -3.42. The van der Waals surface area contributed by atoms with Gasteiger partial charge in [-0.3, -0.25) is 0 Å². The second-order valence-electron chi connectivity index (χ2n) is 7.15. The SMILES string of the molecule is COc1nc(N2CC(c3nc4ccccc4n3C)C2)cc(-n2cc(C)cn2)n1. The van der Waals surface area contributed by atoms with Crippen molar-refractivity contribution in [3.8, 4) is 11.8 Å². The van der Waals surface area contributed by atoms with E-state index in [0.29, 0.717) is 17.7 Å². The second-order valence-corrected chi connectivity index (χ2v) is 7.15. The van der Waals surface area contributed by atoms with Gasteiger partial charge in [0.05, 0.1) is 30.3 Å². The van der Waals surface area contributed by atoms with Crippen molar-refractivity contribution in [2.45, 2.75) is 12.8 Å². The van der Waals surface area contributed by atoms with Crippen LogP contribution >= 0.6 is 0 Å². The van der Waals surface area contributed by atoms with Crippen molar-refractivity contribution < 1.29 is 4.74 Å². The lowest BCUT2D eigenvalue weighted by molar-refractivity contribution is 0.377. The van der Waals surface area contributed by atoms with Crippen LogP contribution in [0.3, 0.4) is 0 Å². The number of aromatic nitrogens is 6. The van der Waals surface area contributed by atoms with Gasteiger partial charge >= 0.3 is 6.01 Å². The molecule has 0 unspecified atom stereocenters. The molecule has 28 heavy (non-hydrogen) atoms. The first-order valence-corrected chi connectivity index (χ1v) is 9.23. The van der Waals surface area contributed by atoms with Crippen molar-refractivity contribution in [1.29, 1.82) is 0 Å². The molecule has 1 fully saturated rings. The summed E-state index contributed by atoms with van der Waals surface area (Å²) in [6, 6.07) is 10.5. The molecule has 0 bridgehead atoms. The number of para-hydroxylation sites is 2. The molecule has 8 heteroatoms. The summed E-state index contributed by atoms with van der Waals surface area (Å²) in [6.45, 7) is 3.71. The van der Waals surface area contributed by atoms with Crippen LogP contribution in [-0.4, -0.2) is 49.5 Å². The van der Waals surface area contributed by atoms with Gasteiger partial charge in [-0.1, -0.05) is 12.1 Å². The van der Waals surface area contributed by atoms with E-state index in [4.69, 9.17) is 9.72 Å². The highest BCUT2D eigenvalue weighted by molar-refractivity contribution is 5.76. The third kappa shape index (κ3) is 2.69. The van der Waals surface area contributed by atoms with Gasteiger partial charge in [-0.25, -0.2) is 9.67 Å². The minimum Gasteiger partial charge on any atom is -0.467 e. The van der Waals surface area contributed by atoms with Gasteiger partial charge in [-0.05, 0) is 24.6 Å². The van der Waals surface area contributed by atoms with Gasteiger partial charge in [0.25, 0.3) is 0 Å². The molecule has 0 atom stereocenters. The predicted octanol–water partition coefficient (Wildman–Crippen LogP) is 2.47. The number of methoxy groups -OCH3 is 1. The van der Waals surface area contributed by atoms with Crippen molar-refractivity contribution >= 4 is 16.9 Å². The standard InChI is InChI=1S/C20H21N7O/c1-13-9-21-27(10-13)18-8-17(23-20(24-18)28-3)26-11-14(12-26)19-22-15-6-4-5-7-16(15)25(19)2/h4-10,14H,11-12H2,1-3H3. The topological polar surface area (TPSA) is 73.9 Å². The second kappa shape index (κ2) is 6.33. The summed E-state index contributed by atoms with van der Waals surface area (Å²) in [5.41, 5.74) is 3.28. The molecule has 0 radical (unpaired) electrons. The number of anilines is 1. The molecular formula is C20H21N7O. The van der Waals surface area contributed by atoms with E-state index in [2.05, 4.69) is 43.7 Å². The molecule has 0 spiro atoms. The molecule has 0 amide bonds. The molecule has 1 aliphatic rings. The molecule has 0 aliphatic carbocycles. The Labute approximate surface area is 162 Å². The van der Waals surface area contributed by atoms with Crippen molar-refractivity contribution in [1.82, 2.24) is 29.3 Å². The summed E-state index contributed by atoms with van der Waals surface area (Å²) in [4.78, 5) is 16.0. The van der Waals surface area contributed by atoms with E-state index in [1.165, 1.54) is 0 Å². The molecule has 8 nitrogen and oxygen atoms in total. The Kier molecular flexibility index (Phi) is 3.78. The largest absolute Gasteiger partial charge is 0.467 e. The number of hydrogen-bond donors (Lipinski definition) is 0. The van der Waals surface area contributed by atoms with Gasteiger partial charge in [-0.15, -0.1) is 0 Å². The Morgan fingerprint density at radius 1 is 1.07 bits per heavy atom. The van der Waals surface area contributed by atoms with Crippen LogP contribution in [0.5, 0.6) is 6.01 Å². The lowest BCUT2D eigenvalue weighted by atomic mass is 9.99. The van der Waals surface area contributed by atoms with E-state index in [9.17, 15) is 0 Å². The first kappa shape index (κ1) is 16.7. The van der Waals surface area contributed by atoms with Gasteiger partial charge in [-0.2, -0.15) is 15.1 Å². The number of hydrogen-bond acceptors (Lipinski definition) is 6. The number of aryl methyl sites for hydroxylation is 2. The smallest absolute Gasteiger partial charge is 0.320 e. The number of fused-ring (bicyclic) bond motifs is 1. The fourth-order valence-electron chi connectivity index (χ4n) is 3.67. The average molecular weight is 375 g/mol. The minimum atomic E-state index is 0.340. The number of nitrogens with zero attached hydrogens (tertiary/aromatic N) is 7. The van der Waals surface area contributed by atoms with Crippen LogP contribution < -0.4 is 9.64 Å². The van der Waals surface area contributed by atoms with Crippen LogP contribution in [0.2, 0.25) is 0 Å². The number of rotatable bonds is 4. The Bertz CT molecular complexity index is 1160. The van der Waals surface area contributed by atoms with Crippen molar-refractivity contribution in [3.05, 3.63) is 54.1 Å². The highest BCUT2D eigenvalue weighted by Gasteiger charge is 2.33. The highest BCUT2D eigenvalue weighted by Crippen LogP contribution is 2.32. The zero-order valence-corrected chi connectivity index (χ0v) is 16.1. The van der Waals surface area contributed by atoms with E-state index in [0.717, 1.165) is 41.3 Å². The van der Waals surface area contributed by atoms with Crippen LogP contribution in [0, 0.1) is 6.92 Å². The lowest BCUT2D eigenvalue weighted by Gasteiger charge is -2.39. The van der Waals surface area contributed by atoms with Crippen LogP contribution in [-0.2, 0) is 7.05 Å². The molecule has 4 heterocycles. The summed E-state index contributed by atoms with van der Waals surface area (Å²) in [5.74, 6) is 3.02. The maximum atomic E-state index is 5.31. The molecule has 142 valence electrons. The number of benzene rings is 1. The summed E-state index contributed by atoms with van der Waals surface area (Å²) >= 11 is 0. The third-order valence-electron chi connectivity index (χ3n) is 5.20. The Morgan fingerprint density at radius 3 is 2.57 bits per heavy atom. The zero-order valence-electron chi connectivity index (χ0n) is 16.1. The molecule has 3 aromatic heterocycles. The summed E-state index contributed by atoms with van der Waals surface area (Å²) in [7, 11) is 3.66. The first-order chi connectivity index (χ1) is 13.6. The number of imidazole rings is 1. The Morgan fingerprint density at radius 2 is 1.86 bits per heavy atom. The summed E-state index contributed by atoms with van der Waals surface area (Å²) in [5, 5.41) is 4.34. The summed E-state index contributed by atoms with van der Waals surface area (Å²) in [6.07, 6.45) is 3.74. The van der Waals surface area contributed by atoms with E-state index >= 15 is 0 Å². The number of ether oxygens (including phenoxy) is 1. The first-order valence-electron chi connectivity index (χ1n) is 9.23. The van der Waals surface area contributed by atoms with E-state index < -0.39 is 0 Å². The van der Waals surface area contributed by atoms with Crippen LogP contribution in [0.1, 0.15) is 17.3 Å². The normalized spacial score (nSPS) is 14.5. The van der Waals surface area contributed by atoms with Crippen molar-refractivity contribution in [2.75, 3.05) is 25.1 Å². The Balaban J connectivity index is 1.41. The molecule has 1 saturated heterocycles. The molecule has 1 aromatic carbocycles. The van der Waals surface area contributed by atoms with Crippen LogP contribution in [0.25, 0.3) is 16.9 Å². The minimum absolute atomic E-state index is 0.340. The van der Waals surface area contributed by atoms with E-state index in [-0.39, 0.29) is 0 Å². The summed E-state index contributed by atoms with van der Waals surface area (Å²) < 4.78 is 9.24. The maximum absolute atomic E-state index is 5.31. The van der Waals surface area contributed by atoms with Gasteiger partial charge in [0.1, 0.15) is 11.6 Å². The van der Waals surface area contributed by atoms with Gasteiger partial charge in [0, 0.05) is 32.4 Å². The van der Waals surface area contributed by atoms with Crippen molar-refractivity contribution in [3.63, 3.8) is 0 Å². The molecule has 5 rings (SSSR count). The van der Waals surface area contributed by atoms with Crippen molar-refractivity contribution in [2.24, 2.45) is 7.05 Å². The molecule has 0 N–H and O–H groups in total. The van der Waals surface area contributed by atoms with Gasteiger partial charge < -0.3 is 14.2 Å². The predicted molar refractivity (Wildman–Crippen MR) is 106 cm³/mol. The third-order valence-corrected chi connectivity index (χ3v) is 5.20. The van der Waals surface area contributed by atoms with Gasteiger partial charge in [0.15, 0.2) is 5.82 Å². The van der Waals surface area contributed by atoms with Crippen LogP contribution in [0.4, 0.5) is 5.82 Å². The van der Waals surface area contributed by atoms with E-state index in [1.807, 2.05) is 31.3 Å².